The number of aryl methyl sites for hydroxylation is 1. The van der Waals surface area contributed by atoms with Crippen molar-refractivity contribution in [2.24, 2.45) is 4.99 Å². The third kappa shape index (κ3) is 4.81. The van der Waals surface area contributed by atoms with Gasteiger partial charge in [-0.2, -0.15) is 5.10 Å². The molecular weight excluding hydrogens is 417 g/mol. The van der Waals surface area contributed by atoms with Gasteiger partial charge in [0.1, 0.15) is 12.2 Å². The topological polar surface area (TPSA) is 70.4 Å². The average molecular weight is 447 g/mol. The maximum Gasteiger partial charge on any atom is 0.191 e. The summed E-state index contributed by atoms with van der Waals surface area (Å²) in [7, 11) is 1.84. The molecule has 2 aliphatic rings. The molecule has 3 rings (SSSR count). The van der Waals surface area contributed by atoms with Gasteiger partial charge in [-0.15, -0.1) is 24.0 Å². The number of likely N-dealkylation sites (tertiary alicyclic amines) is 1. The molecule has 2 atom stereocenters. The summed E-state index contributed by atoms with van der Waals surface area (Å²) in [6.45, 7) is 6.45. The van der Waals surface area contributed by atoms with Crippen LogP contribution in [0.25, 0.3) is 0 Å². The van der Waals surface area contributed by atoms with E-state index in [1.807, 2.05) is 11.7 Å². The fraction of sp³-hybridized carbons (Fsp3) is 0.812. The predicted molar refractivity (Wildman–Crippen MR) is 107 cm³/mol. The van der Waals surface area contributed by atoms with Crippen molar-refractivity contribution in [2.75, 3.05) is 26.7 Å². The lowest BCUT2D eigenvalue weighted by Gasteiger charge is -2.35. The number of nitrogens with one attached hydrogen (secondary N) is 2. The molecule has 0 aromatic carbocycles. The summed E-state index contributed by atoms with van der Waals surface area (Å²) < 4.78 is 1.99. The van der Waals surface area contributed by atoms with E-state index in [4.69, 9.17) is 0 Å². The number of guanidine groups is 1. The largest absolute Gasteiger partial charge is 0.355 e. The van der Waals surface area contributed by atoms with E-state index in [2.05, 4.69) is 37.5 Å². The van der Waals surface area contributed by atoms with Crippen LogP contribution in [0.2, 0.25) is 0 Å². The second-order valence-electron chi connectivity index (χ2n) is 6.47. The molecule has 136 valence electrons. The lowest BCUT2D eigenvalue weighted by molar-refractivity contribution is 0.157. The summed E-state index contributed by atoms with van der Waals surface area (Å²) in [5, 5.41) is 11.3. The standard InChI is InChI=1S/C16H29N7.HI/c1-3-22-9-5-4-6-14(22)10-18-16(17-2)21-13-7-8-15-19-12-20-23(15)11-13;/h12-14H,3-11H2,1-2H3,(H2,17,18,21);1H. The minimum atomic E-state index is 0. The fourth-order valence-electron chi connectivity index (χ4n) is 3.67. The highest BCUT2D eigenvalue weighted by atomic mass is 127. The summed E-state index contributed by atoms with van der Waals surface area (Å²) >= 11 is 0. The molecule has 8 heteroatoms. The van der Waals surface area contributed by atoms with Crippen molar-refractivity contribution in [3.05, 3.63) is 12.2 Å². The van der Waals surface area contributed by atoms with Crippen molar-refractivity contribution in [3.63, 3.8) is 0 Å². The summed E-state index contributed by atoms with van der Waals surface area (Å²) in [5.74, 6) is 1.99. The number of piperidine rings is 1. The van der Waals surface area contributed by atoms with Gasteiger partial charge >= 0.3 is 0 Å². The van der Waals surface area contributed by atoms with Crippen molar-refractivity contribution in [1.82, 2.24) is 30.3 Å². The van der Waals surface area contributed by atoms with E-state index < -0.39 is 0 Å². The van der Waals surface area contributed by atoms with E-state index in [1.165, 1.54) is 25.8 Å². The Labute approximate surface area is 161 Å². The number of nitrogens with zero attached hydrogens (tertiary/aromatic N) is 5. The summed E-state index contributed by atoms with van der Waals surface area (Å²) in [6.07, 6.45) is 7.65. The number of fused-ring (bicyclic) bond motifs is 1. The highest BCUT2D eigenvalue weighted by molar-refractivity contribution is 14.0. The number of aromatic nitrogens is 3. The third-order valence-electron chi connectivity index (χ3n) is 5.03. The van der Waals surface area contributed by atoms with E-state index in [9.17, 15) is 0 Å². The van der Waals surface area contributed by atoms with Crippen LogP contribution >= 0.6 is 24.0 Å². The van der Waals surface area contributed by atoms with E-state index in [0.717, 1.165) is 44.3 Å². The zero-order valence-corrected chi connectivity index (χ0v) is 17.1. The van der Waals surface area contributed by atoms with Crippen LogP contribution < -0.4 is 10.6 Å². The van der Waals surface area contributed by atoms with Gasteiger partial charge in [0.15, 0.2) is 5.96 Å². The Morgan fingerprint density at radius 1 is 1.38 bits per heavy atom. The molecule has 0 saturated carbocycles. The van der Waals surface area contributed by atoms with Gasteiger partial charge in [0, 0.05) is 32.1 Å². The first-order chi connectivity index (χ1) is 11.3. The van der Waals surface area contributed by atoms with Crippen molar-refractivity contribution in [1.29, 1.82) is 0 Å². The third-order valence-corrected chi connectivity index (χ3v) is 5.03. The Bertz CT molecular complexity index is 530. The Morgan fingerprint density at radius 2 is 2.25 bits per heavy atom. The molecule has 0 radical (unpaired) electrons. The summed E-state index contributed by atoms with van der Waals surface area (Å²) in [6, 6.07) is 0.990. The Kier molecular flexibility index (Phi) is 7.73. The van der Waals surface area contributed by atoms with Crippen LogP contribution in [0.4, 0.5) is 0 Å². The lowest BCUT2D eigenvalue weighted by Crippen LogP contribution is -2.51. The molecule has 3 heterocycles. The van der Waals surface area contributed by atoms with E-state index in [-0.39, 0.29) is 24.0 Å². The van der Waals surface area contributed by atoms with Gasteiger partial charge in [-0.05, 0) is 32.4 Å². The fourth-order valence-corrected chi connectivity index (χ4v) is 3.67. The molecule has 2 aliphatic heterocycles. The molecule has 1 aromatic rings. The van der Waals surface area contributed by atoms with Crippen molar-refractivity contribution >= 4 is 29.9 Å². The molecular formula is C16H30IN7. The van der Waals surface area contributed by atoms with Gasteiger partial charge < -0.3 is 10.6 Å². The lowest BCUT2D eigenvalue weighted by atomic mass is 10.0. The number of hydrogen-bond donors (Lipinski definition) is 2. The number of hydrogen-bond acceptors (Lipinski definition) is 4. The van der Waals surface area contributed by atoms with E-state index in [0.29, 0.717) is 12.1 Å². The second-order valence-corrected chi connectivity index (χ2v) is 6.47. The highest BCUT2D eigenvalue weighted by Gasteiger charge is 2.23. The van der Waals surface area contributed by atoms with Crippen molar-refractivity contribution in [2.45, 2.75) is 57.7 Å². The SMILES string of the molecule is CCN1CCCCC1CNC(=NC)NC1CCc2ncnn2C1.I. The summed E-state index contributed by atoms with van der Waals surface area (Å²) in [5.41, 5.74) is 0. The molecule has 1 fully saturated rings. The Morgan fingerprint density at radius 3 is 3.04 bits per heavy atom. The molecule has 1 aromatic heterocycles. The normalized spacial score (nSPS) is 24.8. The van der Waals surface area contributed by atoms with Gasteiger partial charge in [0.25, 0.3) is 0 Å². The molecule has 0 spiro atoms. The first-order valence-corrected chi connectivity index (χ1v) is 8.88. The van der Waals surface area contributed by atoms with Crippen molar-refractivity contribution in [3.8, 4) is 0 Å². The predicted octanol–water partition coefficient (Wildman–Crippen LogP) is 1.25. The average Bonchev–Trinajstić information content (AvgIpc) is 3.06. The van der Waals surface area contributed by atoms with Crippen LogP contribution in [0.3, 0.4) is 0 Å². The van der Waals surface area contributed by atoms with Gasteiger partial charge in [-0.3, -0.25) is 9.89 Å². The van der Waals surface area contributed by atoms with Crippen LogP contribution in [0, 0.1) is 0 Å². The smallest absolute Gasteiger partial charge is 0.191 e. The first kappa shape index (κ1) is 19.4. The van der Waals surface area contributed by atoms with Gasteiger partial charge in [-0.1, -0.05) is 13.3 Å². The van der Waals surface area contributed by atoms with Gasteiger partial charge in [-0.25, -0.2) is 9.67 Å². The van der Waals surface area contributed by atoms with E-state index >= 15 is 0 Å². The van der Waals surface area contributed by atoms with Crippen LogP contribution in [-0.2, 0) is 13.0 Å². The number of halogens is 1. The maximum atomic E-state index is 4.39. The monoisotopic (exact) mass is 447 g/mol. The number of likely N-dealkylation sites (N-methyl/N-ethyl adjacent to an activating group) is 1. The molecule has 0 amide bonds. The zero-order valence-electron chi connectivity index (χ0n) is 14.7. The van der Waals surface area contributed by atoms with Crippen LogP contribution in [0.1, 0.15) is 38.4 Å². The summed E-state index contributed by atoms with van der Waals surface area (Å²) in [4.78, 5) is 11.2. The minimum Gasteiger partial charge on any atom is -0.355 e. The second kappa shape index (κ2) is 9.55. The maximum absolute atomic E-state index is 4.39. The van der Waals surface area contributed by atoms with Gasteiger partial charge in [0.2, 0.25) is 0 Å². The minimum absolute atomic E-state index is 0. The quantitative estimate of drug-likeness (QED) is 0.413. The van der Waals surface area contributed by atoms with Crippen LogP contribution in [-0.4, -0.2) is 64.4 Å². The number of aliphatic imine (C=N–C) groups is 1. The van der Waals surface area contributed by atoms with Crippen LogP contribution in [0.5, 0.6) is 0 Å². The van der Waals surface area contributed by atoms with Crippen molar-refractivity contribution < 1.29 is 0 Å². The Balaban J connectivity index is 0.00000208. The molecule has 2 unspecified atom stereocenters. The van der Waals surface area contributed by atoms with E-state index in [1.54, 1.807) is 6.33 Å². The zero-order chi connectivity index (χ0) is 16.1. The number of rotatable bonds is 4. The molecule has 2 N–H and O–H groups in total. The van der Waals surface area contributed by atoms with Gasteiger partial charge in [0.05, 0.1) is 6.54 Å². The highest BCUT2D eigenvalue weighted by Crippen LogP contribution is 2.16. The molecule has 7 nitrogen and oxygen atoms in total. The van der Waals surface area contributed by atoms with Crippen LogP contribution in [0.15, 0.2) is 11.3 Å². The molecule has 1 saturated heterocycles. The molecule has 0 aliphatic carbocycles. The Hall–Kier alpha value is -0.900. The molecule has 0 bridgehead atoms. The first-order valence-electron chi connectivity index (χ1n) is 8.88. The molecule has 24 heavy (non-hydrogen) atoms.